The van der Waals surface area contributed by atoms with Gasteiger partial charge in [0.1, 0.15) is 0 Å². The van der Waals surface area contributed by atoms with Gasteiger partial charge >= 0.3 is 6.18 Å². The molecule has 0 saturated heterocycles. The fourth-order valence-electron chi connectivity index (χ4n) is 1.11. The van der Waals surface area contributed by atoms with E-state index < -0.39 is 29.3 Å². The van der Waals surface area contributed by atoms with Crippen LogP contribution in [0, 0.1) is 5.21 Å². The minimum absolute atomic E-state index is 0.340. The molecule has 0 bridgehead atoms. The third-order valence-electron chi connectivity index (χ3n) is 1.83. The van der Waals surface area contributed by atoms with Crippen LogP contribution in [0.25, 0.3) is 0 Å². The fraction of sp³-hybridized carbons (Fsp3) is 0.250. The topological polar surface area (TPSA) is 68.0 Å². The molecule has 1 rings (SSSR count). The summed E-state index contributed by atoms with van der Waals surface area (Å²) < 4.78 is 37.1. The Morgan fingerprint density at radius 2 is 1.93 bits per heavy atom. The molecule has 7 heteroatoms. The SMILES string of the molecule is [O-][NH+](O)c1ccc(CO)c(C(F)(F)F)c1. The molecule has 0 aliphatic heterocycles. The van der Waals surface area contributed by atoms with Gasteiger partial charge in [-0.25, -0.2) is 5.21 Å². The average molecular weight is 223 g/mol. The molecule has 0 amide bonds. The van der Waals surface area contributed by atoms with Crippen LogP contribution in [0.4, 0.5) is 18.9 Å². The molecular formula is C8H8F3NO3. The zero-order valence-electron chi connectivity index (χ0n) is 7.38. The van der Waals surface area contributed by atoms with Crippen molar-refractivity contribution in [3.8, 4) is 0 Å². The summed E-state index contributed by atoms with van der Waals surface area (Å²) >= 11 is 0. The number of benzene rings is 1. The molecule has 15 heavy (non-hydrogen) atoms. The summed E-state index contributed by atoms with van der Waals surface area (Å²) in [6.45, 7) is -0.783. The highest BCUT2D eigenvalue weighted by atomic mass is 19.4. The van der Waals surface area contributed by atoms with Gasteiger partial charge in [-0.05, 0) is 5.56 Å². The lowest BCUT2D eigenvalue weighted by Crippen LogP contribution is -2.99. The average Bonchev–Trinajstić information content (AvgIpc) is 2.15. The number of rotatable bonds is 2. The molecule has 0 aliphatic carbocycles. The first kappa shape index (κ1) is 11.9. The Morgan fingerprint density at radius 3 is 2.33 bits per heavy atom. The molecule has 0 saturated carbocycles. The lowest BCUT2D eigenvalue weighted by atomic mass is 10.1. The largest absolute Gasteiger partial charge is 0.595 e. The van der Waals surface area contributed by atoms with E-state index in [4.69, 9.17) is 10.3 Å². The minimum Gasteiger partial charge on any atom is -0.595 e. The van der Waals surface area contributed by atoms with Gasteiger partial charge in [-0.1, -0.05) is 6.07 Å². The zero-order chi connectivity index (χ0) is 11.6. The highest BCUT2D eigenvalue weighted by Crippen LogP contribution is 2.33. The smallest absolute Gasteiger partial charge is 0.416 e. The van der Waals surface area contributed by atoms with Crippen molar-refractivity contribution in [1.29, 1.82) is 0 Å². The summed E-state index contributed by atoms with van der Waals surface area (Å²) in [5.41, 5.74) is -1.92. The predicted octanol–water partition coefficient (Wildman–Crippen LogP) is 0.601. The molecule has 0 radical (unpaired) electrons. The van der Waals surface area contributed by atoms with E-state index >= 15 is 0 Å². The van der Waals surface area contributed by atoms with Gasteiger partial charge in [-0.2, -0.15) is 18.4 Å². The van der Waals surface area contributed by atoms with Crippen molar-refractivity contribution in [1.82, 2.24) is 0 Å². The number of hydrogen-bond donors (Lipinski definition) is 3. The van der Waals surface area contributed by atoms with Crippen molar-refractivity contribution >= 4 is 5.69 Å². The second-order valence-electron chi connectivity index (χ2n) is 2.83. The van der Waals surface area contributed by atoms with Gasteiger partial charge in [-0.15, -0.1) is 0 Å². The van der Waals surface area contributed by atoms with Gasteiger partial charge in [-0.3, -0.25) is 0 Å². The van der Waals surface area contributed by atoms with Crippen molar-refractivity contribution in [2.75, 3.05) is 0 Å². The molecule has 1 aromatic carbocycles. The van der Waals surface area contributed by atoms with Crippen molar-refractivity contribution in [2.45, 2.75) is 12.8 Å². The standard InChI is InChI=1S/C8H8F3NO3/c9-8(10,11)7-3-6(12(14)15)2-1-5(7)4-13/h1-3,12-14H,4H2. The van der Waals surface area contributed by atoms with Crippen LogP contribution in [0.1, 0.15) is 11.1 Å². The molecular weight excluding hydrogens is 215 g/mol. The Bertz CT molecular complexity index is 351. The van der Waals surface area contributed by atoms with Gasteiger partial charge in [0.15, 0.2) is 5.69 Å². The number of aliphatic hydroxyl groups excluding tert-OH is 1. The summed E-state index contributed by atoms with van der Waals surface area (Å²) in [5.74, 6) is 0. The summed E-state index contributed by atoms with van der Waals surface area (Å²) in [6.07, 6.45) is -4.66. The zero-order valence-corrected chi connectivity index (χ0v) is 7.38. The number of alkyl halides is 3. The first-order chi connectivity index (χ1) is 6.86. The fourth-order valence-corrected chi connectivity index (χ4v) is 1.11. The lowest BCUT2D eigenvalue weighted by Gasteiger charge is -2.16. The molecule has 3 N–H and O–H groups in total. The normalized spacial score (nSPS) is 14.0. The molecule has 1 atom stereocenters. The predicted molar refractivity (Wildman–Crippen MR) is 43.1 cm³/mol. The Morgan fingerprint density at radius 1 is 1.33 bits per heavy atom. The summed E-state index contributed by atoms with van der Waals surface area (Å²) in [5, 5.41) is 26.2. The monoisotopic (exact) mass is 223 g/mol. The van der Waals surface area contributed by atoms with Crippen molar-refractivity contribution in [3.05, 3.63) is 34.5 Å². The van der Waals surface area contributed by atoms with Gasteiger partial charge in [0.05, 0.1) is 12.2 Å². The molecule has 0 fully saturated rings. The van der Waals surface area contributed by atoms with Crippen LogP contribution in [0.15, 0.2) is 18.2 Å². The van der Waals surface area contributed by atoms with Crippen LogP contribution in [0.3, 0.4) is 0 Å². The van der Waals surface area contributed by atoms with E-state index in [1.54, 1.807) is 0 Å². The number of nitrogens with one attached hydrogen (secondary N) is 1. The van der Waals surface area contributed by atoms with Crippen LogP contribution >= 0.6 is 0 Å². The Labute approximate surface area is 82.7 Å². The Balaban J connectivity index is 3.26. The number of halogens is 3. The third-order valence-corrected chi connectivity index (χ3v) is 1.83. The van der Waals surface area contributed by atoms with Crippen LogP contribution in [-0.2, 0) is 12.8 Å². The van der Waals surface area contributed by atoms with E-state index in [0.29, 0.717) is 6.07 Å². The van der Waals surface area contributed by atoms with Crippen molar-refractivity contribution < 1.29 is 28.7 Å². The first-order valence-corrected chi connectivity index (χ1v) is 3.90. The van der Waals surface area contributed by atoms with E-state index in [9.17, 15) is 18.4 Å². The van der Waals surface area contributed by atoms with Gasteiger partial charge in [0, 0.05) is 12.1 Å². The maximum absolute atomic E-state index is 12.4. The maximum Gasteiger partial charge on any atom is 0.416 e. The number of hydrogen-bond acceptors (Lipinski definition) is 3. The third kappa shape index (κ3) is 2.66. The lowest BCUT2D eigenvalue weighted by molar-refractivity contribution is -0.991. The second-order valence-corrected chi connectivity index (χ2v) is 2.83. The second kappa shape index (κ2) is 4.15. The van der Waals surface area contributed by atoms with Crippen molar-refractivity contribution in [2.24, 2.45) is 0 Å². The molecule has 84 valence electrons. The summed E-state index contributed by atoms with van der Waals surface area (Å²) in [4.78, 5) is 0. The Hall–Kier alpha value is -1.15. The molecule has 0 aliphatic rings. The number of quaternary nitrogens is 1. The van der Waals surface area contributed by atoms with Crippen LogP contribution in [0.5, 0.6) is 0 Å². The molecule has 4 nitrogen and oxygen atoms in total. The van der Waals surface area contributed by atoms with E-state index in [0.717, 1.165) is 12.1 Å². The summed E-state index contributed by atoms with van der Waals surface area (Å²) in [6, 6.07) is 2.48. The molecule has 0 aromatic heterocycles. The quantitative estimate of drug-likeness (QED) is 0.643. The van der Waals surface area contributed by atoms with Gasteiger partial charge in [0.2, 0.25) is 0 Å². The van der Waals surface area contributed by atoms with Gasteiger partial charge in [0.25, 0.3) is 0 Å². The highest BCUT2D eigenvalue weighted by molar-refractivity contribution is 5.40. The molecule has 0 spiro atoms. The van der Waals surface area contributed by atoms with Crippen LogP contribution in [-0.4, -0.2) is 10.3 Å². The van der Waals surface area contributed by atoms with Crippen LogP contribution < -0.4 is 5.23 Å². The maximum atomic E-state index is 12.4. The molecule has 0 heterocycles. The van der Waals surface area contributed by atoms with E-state index in [2.05, 4.69) is 0 Å². The number of aliphatic hydroxyl groups is 1. The van der Waals surface area contributed by atoms with E-state index in [1.807, 2.05) is 0 Å². The molecule has 1 aromatic rings. The Kier molecular flexibility index (Phi) is 3.30. The highest BCUT2D eigenvalue weighted by Gasteiger charge is 2.34. The molecule has 1 unspecified atom stereocenters. The first-order valence-electron chi connectivity index (χ1n) is 3.90. The van der Waals surface area contributed by atoms with Crippen molar-refractivity contribution in [3.63, 3.8) is 0 Å². The van der Waals surface area contributed by atoms with E-state index in [-0.39, 0.29) is 5.56 Å². The van der Waals surface area contributed by atoms with E-state index in [1.165, 1.54) is 0 Å². The summed E-state index contributed by atoms with van der Waals surface area (Å²) in [7, 11) is 0. The minimum atomic E-state index is -4.66. The van der Waals surface area contributed by atoms with Gasteiger partial charge < -0.3 is 10.3 Å². The van der Waals surface area contributed by atoms with Crippen LogP contribution in [0.2, 0.25) is 0 Å².